The molecule has 0 aliphatic carbocycles. The summed E-state index contributed by atoms with van der Waals surface area (Å²) < 4.78 is 69.0. The highest BCUT2D eigenvalue weighted by Crippen LogP contribution is 2.25. The van der Waals surface area contributed by atoms with E-state index in [1.54, 1.807) is 24.3 Å². The molecule has 0 aliphatic heterocycles. The number of hydrogen-bond donors (Lipinski definition) is 0. The van der Waals surface area contributed by atoms with Crippen LogP contribution in [-0.4, -0.2) is 25.7 Å². The molecule has 0 aliphatic rings. The van der Waals surface area contributed by atoms with Gasteiger partial charge in [0, 0.05) is 10.9 Å². The molecule has 0 amide bonds. The molecule has 144 valence electrons. The van der Waals surface area contributed by atoms with Crippen molar-refractivity contribution in [3.63, 3.8) is 0 Å². The lowest BCUT2D eigenvalue weighted by molar-refractivity contribution is -0.0597. The van der Waals surface area contributed by atoms with Crippen molar-refractivity contribution in [2.75, 3.05) is 0 Å². The quantitative estimate of drug-likeness (QED) is 0.334. The summed E-state index contributed by atoms with van der Waals surface area (Å²) in [6.07, 6.45) is -4.92. The monoisotopic (exact) mass is 423 g/mol. The Morgan fingerprint density at radius 3 is 2.21 bits per heavy atom. The van der Waals surface area contributed by atoms with E-state index in [9.17, 15) is 21.6 Å². The lowest BCUT2D eigenvalue weighted by Gasteiger charge is -2.11. The molecular formula is C19H12F3NO3S2. The molecule has 3 aromatic rings. The van der Waals surface area contributed by atoms with Crippen LogP contribution in [0, 0.1) is 0 Å². The molecule has 9 heteroatoms. The number of rotatable bonds is 5. The molecule has 0 aromatic heterocycles. The van der Waals surface area contributed by atoms with E-state index >= 15 is 0 Å². The van der Waals surface area contributed by atoms with Gasteiger partial charge in [0.25, 0.3) is 0 Å². The predicted molar refractivity (Wildman–Crippen MR) is 104 cm³/mol. The molecule has 0 atom stereocenters. The van der Waals surface area contributed by atoms with E-state index in [1.807, 2.05) is 0 Å². The highest BCUT2D eigenvalue weighted by molar-refractivity contribution is 7.86. The van der Waals surface area contributed by atoms with Gasteiger partial charge in [0.15, 0.2) is 5.71 Å². The molecule has 0 radical (unpaired) electrons. The van der Waals surface area contributed by atoms with E-state index in [-0.39, 0.29) is 10.5 Å². The third kappa shape index (κ3) is 4.37. The van der Waals surface area contributed by atoms with Gasteiger partial charge in [-0.05, 0) is 28.5 Å². The van der Waals surface area contributed by atoms with Crippen molar-refractivity contribution in [2.45, 2.75) is 11.1 Å². The van der Waals surface area contributed by atoms with Crippen LogP contribution in [0.25, 0.3) is 10.8 Å². The van der Waals surface area contributed by atoms with Crippen LogP contribution in [0.2, 0.25) is 0 Å². The highest BCUT2D eigenvalue weighted by Gasteiger charge is 2.38. The van der Waals surface area contributed by atoms with Crippen LogP contribution >= 0.6 is 12.2 Å². The number of benzene rings is 3. The normalized spacial score (nSPS) is 12.8. The van der Waals surface area contributed by atoms with Crippen molar-refractivity contribution in [1.29, 1.82) is 0 Å². The Labute approximate surface area is 164 Å². The van der Waals surface area contributed by atoms with Gasteiger partial charge in [-0.25, -0.2) is 0 Å². The molecular weight excluding hydrogens is 411 g/mol. The molecule has 28 heavy (non-hydrogen) atoms. The molecule has 3 rings (SSSR count). The Bertz CT molecular complexity index is 1160. The third-order valence-corrected chi connectivity index (χ3v) is 5.20. The zero-order chi connectivity index (χ0) is 20.4. The first-order valence-electron chi connectivity index (χ1n) is 7.84. The van der Waals surface area contributed by atoms with Crippen LogP contribution in [0.1, 0.15) is 11.1 Å². The fourth-order valence-corrected chi connectivity index (χ4v) is 3.36. The summed E-state index contributed by atoms with van der Waals surface area (Å²) in [5, 5.41) is 5.59. The number of thiocarbonyl (C=S) groups is 1. The fourth-order valence-electron chi connectivity index (χ4n) is 2.44. The van der Waals surface area contributed by atoms with E-state index in [2.05, 4.69) is 9.44 Å². The minimum absolute atomic E-state index is 0.299. The standard InChI is InChI=1S/C19H12F3NO3S2/c20-19(21,22)18(15-7-5-13(12-27)6-8-15)23-26-28(24,25)17-10-9-14-3-1-2-4-16(14)11-17/h1-12H. The molecule has 0 fully saturated rings. The fraction of sp³-hybridized carbons (Fsp3) is 0.0526. The number of fused-ring (bicyclic) bond motifs is 1. The van der Waals surface area contributed by atoms with Crippen LogP contribution in [0.5, 0.6) is 0 Å². The number of halogens is 3. The summed E-state index contributed by atoms with van der Waals surface area (Å²) in [7, 11) is -4.54. The van der Waals surface area contributed by atoms with E-state index in [0.717, 1.165) is 17.5 Å². The SMILES string of the molecule is O=S(=O)(ON=C(c1ccc(C=S)cc1)C(F)(F)F)c1ccc2ccccc2c1. The summed E-state index contributed by atoms with van der Waals surface area (Å²) in [4.78, 5) is -0.299. The van der Waals surface area contributed by atoms with Crippen LogP contribution in [0.3, 0.4) is 0 Å². The number of hydrogen-bond acceptors (Lipinski definition) is 5. The first-order valence-corrected chi connectivity index (χ1v) is 9.72. The van der Waals surface area contributed by atoms with Crippen molar-refractivity contribution in [2.24, 2.45) is 5.16 Å². The van der Waals surface area contributed by atoms with Crippen molar-refractivity contribution in [1.82, 2.24) is 0 Å². The lowest BCUT2D eigenvalue weighted by atomic mass is 10.1. The maximum Gasteiger partial charge on any atom is 0.437 e. The van der Waals surface area contributed by atoms with Crippen molar-refractivity contribution in [3.05, 3.63) is 77.9 Å². The van der Waals surface area contributed by atoms with Crippen molar-refractivity contribution in [3.8, 4) is 0 Å². The predicted octanol–water partition coefficient (Wildman–Crippen LogP) is 4.86. The van der Waals surface area contributed by atoms with Crippen LogP contribution in [0.15, 0.2) is 76.8 Å². The molecule has 0 N–H and O–H groups in total. The summed E-state index contributed by atoms with van der Waals surface area (Å²) in [5.41, 5.74) is -1.28. The molecule has 0 heterocycles. The van der Waals surface area contributed by atoms with Gasteiger partial charge in [-0.2, -0.15) is 21.6 Å². The van der Waals surface area contributed by atoms with Crippen LogP contribution in [0.4, 0.5) is 13.2 Å². The summed E-state index contributed by atoms with van der Waals surface area (Å²) in [6.45, 7) is 0. The number of nitrogens with zero attached hydrogens (tertiary/aromatic N) is 1. The Kier molecular flexibility index (Phi) is 5.48. The first kappa shape index (κ1) is 20.0. The zero-order valence-corrected chi connectivity index (χ0v) is 15.7. The zero-order valence-electron chi connectivity index (χ0n) is 14.1. The van der Waals surface area contributed by atoms with Crippen molar-refractivity contribution < 1.29 is 25.9 Å². The van der Waals surface area contributed by atoms with Crippen molar-refractivity contribution >= 4 is 44.2 Å². The molecule has 0 saturated heterocycles. The van der Waals surface area contributed by atoms with E-state index in [0.29, 0.717) is 10.9 Å². The smallest absolute Gasteiger partial charge is 0.264 e. The minimum Gasteiger partial charge on any atom is -0.264 e. The van der Waals surface area contributed by atoms with Gasteiger partial charge in [-0.1, -0.05) is 72.0 Å². The Morgan fingerprint density at radius 1 is 0.964 bits per heavy atom. The summed E-state index contributed by atoms with van der Waals surface area (Å²) in [5.74, 6) is 0. The second-order valence-corrected chi connectivity index (χ2v) is 7.48. The number of oxime groups is 1. The van der Waals surface area contributed by atoms with Gasteiger partial charge in [0.1, 0.15) is 4.90 Å². The van der Waals surface area contributed by atoms with Gasteiger partial charge in [0.2, 0.25) is 0 Å². The highest BCUT2D eigenvalue weighted by atomic mass is 32.2. The maximum absolute atomic E-state index is 13.3. The van der Waals surface area contributed by atoms with Crippen LogP contribution in [-0.2, 0) is 14.4 Å². The first-order chi connectivity index (χ1) is 13.2. The van der Waals surface area contributed by atoms with E-state index in [4.69, 9.17) is 12.2 Å². The van der Waals surface area contributed by atoms with Gasteiger partial charge >= 0.3 is 16.3 Å². The Balaban J connectivity index is 1.96. The van der Waals surface area contributed by atoms with Crippen LogP contribution < -0.4 is 0 Å². The molecule has 4 nitrogen and oxygen atoms in total. The molecule has 3 aromatic carbocycles. The second-order valence-electron chi connectivity index (χ2n) is 5.72. The van der Waals surface area contributed by atoms with Gasteiger partial charge in [0.05, 0.1) is 0 Å². The molecule has 0 spiro atoms. The lowest BCUT2D eigenvalue weighted by Crippen LogP contribution is -2.25. The van der Waals surface area contributed by atoms with E-state index in [1.165, 1.54) is 35.7 Å². The van der Waals surface area contributed by atoms with Gasteiger partial charge in [-0.15, -0.1) is 0 Å². The largest absolute Gasteiger partial charge is 0.437 e. The Hall–Kier alpha value is -2.78. The van der Waals surface area contributed by atoms with Gasteiger partial charge < -0.3 is 0 Å². The average Bonchev–Trinajstić information content (AvgIpc) is 2.67. The third-order valence-electron chi connectivity index (χ3n) is 3.82. The second kappa shape index (κ2) is 7.69. The summed E-state index contributed by atoms with van der Waals surface area (Å²) in [6, 6.07) is 16.0. The van der Waals surface area contributed by atoms with E-state index < -0.39 is 22.0 Å². The Morgan fingerprint density at radius 2 is 1.61 bits per heavy atom. The summed E-state index contributed by atoms with van der Waals surface area (Å²) >= 11 is 4.71. The average molecular weight is 423 g/mol. The number of alkyl halides is 3. The molecule has 0 bridgehead atoms. The topological polar surface area (TPSA) is 55.7 Å². The molecule has 0 saturated carbocycles. The van der Waals surface area contributed by atoms with Gasteiger partial charge in [-0.3, -0.25) is 4.28 Å². The maximum atomic E-state index is 13.3. The molecule has 0 unspecified atom stereocenters. The minimum atomic E-state index is -4.92.